The predicted molar refractivity (Wildman–Crippen MR) is 137 cm³/mol. The van der Waals surface area contributed by atoms with Crippen molar-refractivity contribution < 1.29 is 37.0 Å². The lowest BCUT2D eigenvalue weighted by molar-refractivity contribution is -0.416. The van der Waals surface area contributed by atoms with Gasteiger partial charge in [0, 0.05) is 25.4 Å². The second-order valence-electron chi connectivity index (χ2n) is 12.9. The van der Waals surface area contributed by atoms with Gasteiger partial charge < -0.3 is 18.9 Å². The molecule has 6 rings (SSSR count). The van der Waals surface area contributed by atoms with E-state index in [9.17, 15) is 18.0 Å². The van der Waals surface area contributed by atoms with Gasteiger partial charge in [-0.15, -0.1) is 0 Å². The normalized spacial score (nSPS) is 42.8. The van der Waals surface area contributed by atoms with E-state index in [2.05, 4.69) is 13.8 Å². The molecule has 3 aliphatic carbocycles. The summed E-state index contributed by atoms with van der Waals surface area (Å²) >= 11 is 0. The Hall–Kier alpha value is -1.97. The third-order valence-corrected chi connectivity index (χ3v) is 12.8. The molecule has 0 unspecified atom stereocenters. The van der Waals surface area contributed by atoms with Crippen LogP contribution in [0.15, 0.2) is 35.2 Å². The first-order valence-electron chi connectivity index (χ1n) is 13.8. The summed E-state index contributed by atoms with van der Waals surface area (Å²) in [6.45, 7) is 8.72. The fourth-order valence-corrected chi connectivity index (χ4v) is 11.0. The first-order valence-corrected chi connectivity index (χ1v) is 15.4. The summed E-state index contributed by atoms with van der Waals surface area (Å²) in [7, 11) is -1.90. The van der Waals surface area contributed by atoms with E-state index < -0.39 is 56.2 Å². The highest BCUT2D eigenvalue weighted by Crippen LogP contribution is 2.80. The van der Waals surface area contributed by atoms with Crippen LogP contribution in [0.5, 0.6) is 0 Å². The number of Topliss-reactive ketones (excluding diaryl/α,β-unsaturated/α-hetero) is 1. The number of ether oxygens (including phenoxy) is 4. The molecule has 8 atom stereocenters. The minimum atomic E-state index is -3.52. The van der Waals surface area contributed by atoms with Gasteiger partial charge in [-0.25, -0.2) is 13.2 Å². The molecule has 9 heteroatoms. The Balaban J connectivity index is 1.51. The summed E-state index contributed by atoms with van der Waals surface area (Å²) in [5, 5.41) is 0. The van der Waals surface area contributed by atoms with Crippen LogP contribution in [0.2, 0.25) is 0 Å². The molecular weight excluding hydrogens is 508 g/mol. The lowest BCUT2D eigenvalue weighted by atomic mass is 9.29. The summed E-state index contributed by atoms with van der Waals surface area (Å²) in [4.78, 5) is 26.9. The van der Waals surface area contributed by atoms with Crippen LogP contribution >= 0.6 is 0 Å². The molecule has 3 saturated carbocycles. The standard InChI is InChI=1S/C29H38O8S/c1-17(2)23-28-22-20(15-21(22)30)29(34-5)27(12-13-35-29,24(28)37-25(31)36-23)16-18(26(28,3)4)11-14-38(32,33)19-9-7-6-8-10-19/h6-10,17-18,20,22-24H,11-16H2,1-5H3/t18-,20-,22-,23-,24+,27-,28+,29-/m1/s1. The van der Waals surface area contributed by atoms with E-state index in [-0.39, 0.29) is 29.3 Å². The maximum absolute atomic E-state index is 13.6. The van der Waals surface area contributed by atoms with Crippen LogP contribution in [-0.2, 0) is 33.6 Å². The van der Waals surface area contributed by atoms with Gasteiger partial charge in [0.05, 0.1) is 28.1 Å². The lowest BCUT2D eigenvalue weighted by Crippen LogP contribution is -2.85. The van der Waals surface area contributed by atoms with Gasteiger partial charge in [-0.05, 0) is 48.6 Å². The molecular formula is C29H38O8S. The fourth-order valence-electron chi connectivity index (χ4n) is 9.57. The molecule has 0 N–H and O–H groups in total. The van der Waals surface area contributed by atoms with Crippen LogP contribution in [0.4, 0.5) is 4.79 Å². The second kappa shape index (κ2) is 8.27. The van der Waals surface area contributed by atoms with Crippen molar-refractivity contribution in [2.75, 3.05) is 19.5 Å². The molecule has 2 heterocycles. The second-order valence-corrected chi connectivity index (χ2v) is 15.0. The Morgan fingerprint density at radius 2 is 1.82 bits per heavy atom. The van der Waals surface area contributed by atoms with Crippen LogP contribution in [0.3, 0.4) is 0 Å². The van der Waals surface area contributed by atoms with E-state index in [1.165, 1.54) is 0 Å². The molecule has 0 aromatic heterocycles. The number of ketones is 1. The first kappa shape index (κ1) is 26.3. The van der Waals surface area contributed by atoms with Crippen molar-refractivity contribution in [2.24, 2.45) is 39.9 Å². The van der Waals surface area contributed by atoms with Gasteiger partial charge >= 0.3 is 6.16 Å². The molecule has 5 aliphatic rings. The van der Waals surface area contributed by atoms with Gasteiger partial charge in [0.15, 0.2) is 15.6 Å². The number of benzene rings is 1. The predicted octanol–water partition coefficient (Wildman–Crippen LogP) is 4.41. The number of rotatable bonds is 6. The summed E-state index contributed by atoms with van der Waals surface area (Å²) in [5.41, 5.74) is -2.11. The monoisotopic (exact) mass is 546 g/mol. The van der Waals surface area contributed by atoms with Crippen LogP contribution in [0.25, 0.3) is 0 Å². The minimum Gasteiger partial charge on any atom is -0.430 e. The molecule has 1 aromatic rings. The number of fused-ring (bicyclic) bond motifs is 2. The van der Waals surface area contributed by atoms with Crippen molar-refractivity contribution in [2.45, 2.75) is 76.3 Å². The average molecular weight is 547 g/mol. The third kappa shape index (κ3) is 2.96. The van der Waals surface area contributed by atoms with Crippen molar-refractivity contribution in [3.63, 3.8) is 0 Å². The van der Waals surface area contributed by atoms with Crippen molar-refractivity contribution in [3.8, 4) is 0 Å². The van der Waals surface area contributed by atoms with E-state index in [4.69, 9.17) is 18.9 Å². The zero-order valence-corrected chi connectivity index (χ0v) is 23.6. The molecule has 8 nitrogen and oxygen atoms in total. The van der Waals surface area contributed by atoms with Crippen LogP contribution < -0.4 is 0 Å². The van der Waals surface area contributed by atoms with E-state index in [1.807, 2.05) is 13.8 Å². The highest BCUT2D eigenvalue weighted by atomic mass is 32.2. The number of hydrogen-bond acceptors (Lipinski definition) is 8. The molecule has 5 fully saturated rings. The summed E-state index contributed by atoms with van der Waals surface area (Å²) in [5.74, 6) is -1.79. The maximum atomic E-state index is 13.6. The van der Waals surface area contributed by atoms with Gasteiger partial charge in [0.1, 0.15) is 18.0 Å². The van der Waals surface area contributed by atoms with Crippen LogP contribution in [0.1, 0.15) is 53.4 Å². The highest BCUT2D eigenvalue weighted by Gasteiger charge is 2.88. The quantitative estimate of drug-likeness (QED) is 0.483. The SMILES string of the molecule is CO[C@]12OCC[C@]13C[C@@H](CCS(=O)(=O)c1ccccc1)C(C)(C)[C@]1([C@@H](C(C)C)OC(=O)O[C@H]13)[C@H]1C(=O)C[C@H]12. The number of hydrogen-bond donors (Lipinski definition) is 0. The summed E-state index contributed by atoms with van der Waals surface area (Å²) in [6.07, 6.45) is 0.0591. The van der Waals surface area contributed by atoms with E-state index in [0.717, 1.165) is 0 Å². The Morgan fingerprint density at radius 3 is 2.45 bits per heavy atom. The average Bonchev–Trinajstić information content (AvgIpc) is 3.24. The van der Waals surface area contributed by atoms with Crippen LogP contribution in [0, 0.1) is 39.9 Å². The summed E-state index contributed by atoms with van der Waals surface area (Å²) in [6, 6.07) is 8.53. The molecule has 0 amide bonds. The molecule has 2 aliphatic heterocycles. The fraction of sp³-hybridized carbons (Fsp3) is 0.724. The largest absolute Gasteiger partial charge is 0.508 e. The lowest BCUT2D eigenvalue weighted by Gasteiger charge is -2.77. The number of carbonyl (C=O) groups excluding carboxylic acids is 2. The van der Waals surface area contributed by atoms with Crippen molar-refractivity contribution >= 4 is 21.8 Å². The van der Waals surface area contributed by atoms with Gasteiger partial charge in [-0.1, -0.05) is 45.9 Å². The molecule has 208 valence electrons. The number of sulfone groups is 1. The number of carbonyl (C=O) groups is 2. The minimum absolute atomic E-state index is 0.0161. The molecule has 1 aromatic carbocycles. The van der Waals surface area contributed by atoms with Crippen molar-refractivity contribution in [3.05, 3.63) is 30.3 Å². The van der Waals surface area contributed by atoms with Crippen LogP contribution in [-0.4, -0.2) is 57.8 Å². The van der Waals surface area contributed by atoms with E-state index in [0.29, 0.717) is 37.2 Å². The number of methoxy groups -OCH3 is 1. The van der Waals surface area contributed by atoms with Crippen molar-refractivity contribution in [1.82, 2.24) is 0 Å². The smallest absolute Gasteiger partial charge is 0.430 e. The molecule has 2 saturated heterocycles. The molecule has 38 heavy (non-hydrogen) atoms. The Kier molecular flexibility index (Phi) is 5.72. The topological polar surface area (TPSA) is 105 Å². The van der Waals surface area contributed by atoms with Gasteiger partial charge in [0.2, 0.25) is 0 Å². The van der Waals surface area contributed by atoms with Gasteiger partial charge in [-0.2, -0.15) is 0 Å². The first-order chi connectivity index (χ1) is 17.9. The van der Waals surface area contributed by atoms with E-state index >= 15 is 0 Å². The maximum Gasteiger partial charge on any atom is 0.508 e. The molecule has 0 radical (unpaired) electrons. The van der Waals surface area contributed by atoms with Crippen molar-refractivity contribution in [1.29, 1.82) is 0 Å². The highest BCUT2D eigenvalue weighted by molar-refractivity contribution is 7.91. The zero-order valence-electron chi connectivity index (χ0n) is 22.8. The Labute approximate surface area is 224 Å². The molecule has 1 spiro atoms. The van der Waals surface area contributed by atoms with E-state index in [1.54, 1.807) is 37.4 Å². The zero-order chi connectivity index (χ0) is 27.3. The van der Waals surface area contributed by atoms with Gasteiger partial charge in [0.25, 0.3) is 0 Å². The third-order valence-electron chi connectivity index (χ3n) is 11.1. The van der Waals surface area contributed by atoms with Gasteiger partial charge in [-0.3, -0.25) is 4.79 Å². The number of cyclic esters (lactones) is 1. The molecule has 2 bridgehead atoms. The summed E-state index contributed by atoms with van der Waals surface area (Å²) < 4.78 is 51.6. The Morgan fingerprint density at radius 1 is 1.11 bits per heavy atom. The Bertz CT molecular complexity index is 1260.